The Morgan fingerprint density at radius 3 is 2.92 bits per heavy atom. The second kappa shape index (κ2) is 4.50. The van der Waals surface area contributed by atoms with Crippen molar-refractivity contribution in [3.05, 3.63) is 29.8 Å². The Morgan fingerprint density at radius 2 is 2.31 bits per heavy atom. The first-order chi connectivity index (χ1) is 6.27. The van der Waals surface area contributed by atoms with Crippen molar-refractivity contribution in [2.75, 3.05) is 13.7 Å². The van der Waals surface area contributed by atoms with Crippen molar-refractivity contribution in [2.24, 2.45) is 4.99 Å². The van der Waals surface area contributed by atoms with Crippen LogP contribution in [-0.4, -0.2) is 19.6 Å². The summed E-state index contributed by atoms with van der Waals surface area (Å²) in [6.45, 7) is 2.50. The molecule has 0 aliphatic heterocycles. The van der Waals surface area contributed by atoms with Gasteiger partial charge in [0.2, 0.25) is 0 Å². The van der Waals surface area contributed by atoms with Crippen molar-refractivity contribution in [3.8, 4) is 5.75 Å². The van der Waals surface area contributed by atoms with Crippen LogP contribution in [0.1, 0.15) is 12.5 Å². The zero-order chi connectivity index (χ0) is 9.68. The molecule has 3 heteroatoms. The van der Waals surface area contributed by atoms with Crippen molar-refractivity contribution in [3.63, 3.8) is 0 Å². The molecule has 0 aliphatic rings. The summed E-state index contributed by atoms with van der Waals surface area (Å²) in [6, 6.07) is 7.01. The van der Waals surface area contributed by atoms with Crippen molar-refractivity contribution in [2.45, 2.75) is 6.92 Å². The Kier molecular flexibility index (Phi) is 3.31. The number of benzene rings is 1. The van der Waals surface area contributed by atoms with Gasteiger partial charge in [-0.05, 0) is 30.5 Å². The molecule has 0 saturated carbocycles. The van der Waals surface area contributed by atoms with E-state index in [0.717, 1.165) is 0 Å². The summed E-state index contributed by atoms with van der Waals surface area (Å²) in [5.74, 6) is 0.485. The normalized spacial score (nSPS) is 11.4. The highest BCUT2D eigenvalue weighted by atomic mass is 16.5. The summed E-state index contributed by atoms with van der Waals surface area (Å²) in [4.78, 5) is 3.57. The third kappa shape index (κ3) is 2.47. The smallest absolute Gasteiger partial charge is 0.119 e. The van der Waals surface area contributed by atoms with Crippen LogP contribution in [0.15, 0.2) is 29.3 Å². The number of nitrogens with zero attached hydrogens (tertiary/aromatic N) is 1. The fraction of sp³-hybridized carbons (Fsp3) is 0.300. The van der Waals surface area contributed by atoms with Crippen molar-refractivity contribution in [1.82, 2.24) is 0 Å². The maximum absolute atomic E-state index is 11.1. The van der Waals surface area contributed by atoms with Gasteiger partial charge in [0.1, 0.15) is 5.75 Å². The number of aliphatic imine (C=N–C) groups is 1. The predicted octanol–water partition coefficient (Wildman–Crippen LogP) is 0.822. The van der Waals surface area contributed by atoms with Gasteiger partial charge in [-0.25, -0.2) is 0 Å². The third-order valence-electron chi connectivity index (χ3n) is 1.60. The van der Waals surface area contributed by atoms with Gasteiger partial charge >= 0.3 is 0 Å². The van der Waals surface area contributed by atoms with Gasteiger partial charge in [0, 0.05) is 7.05 Å². The van der Waals surface area contributed by atoms with Gasteiger partial charge in [0.25, 0.3) is 0 Å². The average molecular weight is 178 g/mol. The lowest BCUT2D eigenvalue weighted by Crippen LogP contribution is -2.18. The van der Waals surface area contributed by atoms with Gasteiger partial charge in [-0.3, -0.25) is 0 Å². The van der Waals surface area contributed by atoms with Crippen LogP contribution >= 0.6 is 0 Å². The van der Waals surface area contributed by atoms with Crippen LogP contribution in [0.4, 0.5) is 0 Å². The second-order valence-electron chi connectivity index (χ2n) is 2.49. The highest BCUT2D eigenvalue weighted by Crippen LogP contribution is 2.12. The summed E-state index contributed by atoms with van der Waals surface area (Å²) in [5, 5.41) is 11.1. The van der Waals surface area contributed by atoms with Gasteiger partial charge in [0.15, 0.2) is 0 Å². The zero-order valence-electron chi connectivity index (χ0n) is 7.78. The molecule has 0 bridgehead atoms. The Hall–Kier alpha value is -1.51. The average Bonchev–Trinajstić information content (AvgIpc) is 2.18. The first-order valence-corrected chi connectivity index (χ1v) is 4.15. The van der Waals surface area contributed by atoms with E-state index in [1.165, 1.54) is 7.05 Å². The molecule has 3 nitrogen and oxygen atoms in total. The lowest BCUT2D eigenvalue weighted by Gasteiger charge is -2.10. The van der Waals surface area contributed by atoms with E-state index in [1.54, 1.807) is 18.2 Å². The van der Waals surface area contributed by atoms with E-state index >= 15 is 0 Å². The molecule has 0 radical (unpaired) electrons. The molecule has 1 aromatic carbocycles. The van der Waals surface area contributed by atoms with E-state index in [1.807, 2.05) is 13.0 Å². The number of rotatable bonds is 3. The molecule has 0 N–H and O–H groups in total. The van der Waals surface area contributed by atoms with E-state index in [9.17, 15) is 5.11 Å². The first kappa shape index (κ1) is 9.58. The summed E-state index contributed by atoms with van der Waals surface area (Å²) in [5.41, 5.74) is 0.563. The summed E-state index contributed by atoms with van der Waals surface area (Å²) in [7, 11) is 1.48. The summed E-state index contributed by atoms with van der Waals surface area (Å²) < 4.78 is 5.25. The van der Waals surface area contributed by atoms with E-state index < -0.39 is 0 Å². The molecule has 1 rings (SSSR count). The molecule has 0 saturated heterocycles. The van der Waals surface area contributed by atoms with E-state index in [-0.39, 0.29) is 5.90 Å². The summed E-state index contributed by atoms with van der Waals surface area (Å²) in [6.07, 6.45) is 0. The van der Waals surface area contributed by atoms with E-state index in [2.05, 4.69) is 4.99 Å². The molecule has 0 aliphatic carbocycles. The molecule has 0 atom stereocenters. The van der Waals surface area contributed by atoms with Crippen molar-refractivity contribution in [1.29, 1.82) is 0 Å². The van der Waals surface area contributed by atoms with Crippen LogP contribution in [0.25, 0.3) is 0 Å². The third-order valence-corrected chi connectivity index (χ3v) is 1.60. The van der Waals surface area contributed by atoms with Crippen molar-refractivity contribution >= 4 is 5.90 Å². The van der Waals surface area contributed by atoms with E-state index in [4.69, 9.17) is 4.74 Å². The summed E-state index contributed by atoms with van der Waals surface area (Å²) >= 11 is 0. The molecule has 13 heavy (non-hydrogen) atoms. The van der Waals surface area contributed by atoms with Crippen LogP contribution in [0.3, 0.4) is 0 Å². The van der Waals surface area contributed by atoms with Gasteiger partial charge < -0.3 is 14.8 Å². The SMILES string of the molecule is CCOc1cccc(C([O-])=NC)c1. The maximum Gasteiger partial charge on any atom is 0.119 e. The van der Waals surface area contributed by atoms with Gasteiger partial charge in [-0.15, -0.1) is 0 Å². The number of ether oxygens (including phenoxy) is 1. The lowest BCUT2D eigenvalue weighted by molar-refractivity contribution is -0.213. The first-order valence-electron chi connectivity index (χ1n) is 4.15. The second-order valence-corrected chi connectivity index (χ2v) is 2.49. The maximum atomic E-state index is 11.1. The molecule has 0 fully saturated rings. The van der Waals surface area contributed by atoms with Gasteiger partial charge in [-0.2, -0.15) is 0 Å². The van der Waals surface area contributed by atoms with Crippen molar-refractivity contribution < 1.29 is 9.84 Å². The molecule has 0 spiro atoms. The topological polar surface area (TPSA) is 44.6 Å². The number of hydrogen-bond acceptors (Lipinski definition) is 3. The quantitative estimate of drug-likeness (QED) is 0.508. The minimum absolute atomic E-state index is 0.221. The van der Waals surface area contributed by atoms with Crippen LogP contribution in [0.5, 0.6) is 5.75 Å². The fourth-order valence-corrected chi connectivity index (χ4v) is 1.01. The monoisotopic (exact) mass is 178 g/mol. The number of hydrogen-bond donors (Lipinski definition) is 0. The zero-order valence-corrected chi connectivity index (χ0v) is 7.78. The Labute approximate surface area is 77.7 Å². The van der Waals surface area contributed by atoms with E-state index in [0.29, 0.717) is 17.9 Å². The molecule has 0 heterocycles. The molecule has 70 valence electrons. The highest BCUT2D eigenvalue weighted by molar-refractivity contribution is 5.90. The Morgan fingerprint density at radius 1 is 1.54 bits per heavy atom. The van der Waals surface area contributed by atoms with Crippen LogP contribution in [0, 0.1) is 0 Å². The molecular formula is C10H12NO2-. The predicted molar refractivity (Wildman–Crippen MR) is 50.1 cm³/mol. The fourth-order valence-electron chi connectivity index (χ4n) is 1.01. The Bertz CT molecular complexity index is 308. The van der Waals surface area contributed by atoms with Gasteiger partial charge in [0.05, 0.1) is 6.61 Å². The standard InChI is InChI=1S/C10H13NO2/c1-3-13-9-6-4-5-8(7-9)10(12)11-2/h4-7H,3H2,1-2H3,(H,11,12)/p-1. The van der Waals surface area contributed by atoms with Crippen LogP contribution < -0.4 is 9.84 Å². The van der Waals surface area contributed by atoms with Gasteiger partial charge in [-0.1, -0.05) is 12.1 Å². The molecule has 0 aromatic heterocycles. The highest BCUT2D eigenvalue weighted by Gasteiger charge is 1.94. The van der Waals surface area contributed by atoms with Crippen LogP contribution in [-0.2, 0) is 0 Å². The molecule has 0 amide bonds. The molecular weight excluding hydrogens is 166 g/mol. The Balaban J connectivity index is 2.91. The van der Waals surface area contributed by atoms with Crippen LogP contribution in [0.2, 0.25) is 0 Å². The minimum atomic E-state index is -0.221. The lowest BCUT2D eigenvalue weighted by atomic mass is 10.2. The largest absolute Gasteiger partial charge is 0.859 e. The minimum Gasteiger partial charge on any atom is -0.859 e. The molecule has 1 aromatic rings. The molecule has 0 unspecified atom stereocenters.